The third-order valence-corrected chi connectivity index (χ3v) is 3.26. The summed E-state index contributed by atoms with van der Waals surface area (Å²) in [4.78, 5) is 15.8. The molecule has 4 nitrogen and oxygen atoms in total. The first-order valence-electron chi connectivity index (χ1n) is 6.72. The van der Waals surface area contributed by atoms with Crippen LogP contribution < -0.4 is 11.3 Å². The van der Waals surface area contributed by atoms with Gasteiger partial charge in [0.1, 0.15) is 5.69 Å². The Morgan fingerprint density at radius 3 is 2.39 bits per heavy atom. The van der Waals surface area contributed by atoms with E-state index in [-0.39, 0.29) is 36.1 Å². The molecule has 0 aliphatic carbocycles. The molecule has 0 aliphatic rings. The fourth-order valence-electron chi connectivity index (χ4n) is 2.08. The highest BCUT2D eigenvalue weighted by Crippen LogP contribution is 2.28. The van der Waals surface area contributed by atoms with Gasteiger partial charge in [-0.1, -0.05) is 6.07 Å². The highest BCUT2D eigenvalue weighted by molar-refractivity contribution is 5.85. The molecule has 2 heterocycles. The Bertz CT molecular complexity index is 724. The number of halogens is 4. The molecule has 126 valence electrons. The lowest BCUT2D eigenvalue weighted by Crippen LogP contribution is -2.24. The first-order valence-corrected chi connectivity index (χ1v) is 6.72. The second-order valence-electron chi connectivity index (χ2n) is 5.20. The van der Waals surface area contributed by atoms with E-state index in [9.17, 15) is 18.0 Å². The van der Waals surface area contributed by atoms with Gasteiger partial charge in [0, 0.05) is 36.1 Å². The van der Waals surface area contributed by atoms with Crippen LogP contribution in [-0.2, 0) is 12.7 Å². The second kappa shape index (κ2) is 7.14. The van der Waals surface area contributed by atoms with Gasteiger partial charge in [0.05, 0.1) is 0 Å². The number of nitrogens with zero attached hydrogens (tertiary/aromatic N) is 2. The molecule has 0 atom stereocenters. The molecule has 0 fully saturated rings. The number of pyridine rings is 2. The fourth-order valence-corrected chi connectivity index (χ4v) is 2.08. The van der Waals surface area contributed by atoms with Crippen molar-refractivity contribution in [3.8, 4) is 11.1 Å². The Labute approximate surface area is 137 Å². The van der Waals surface area contributed by atoms with E-state index in [4.69, 9.17) is 5.73 Å². The molecule has 23 heavy (non-hydrogen) atoms. The van der Waals surface area contributed by atoms with Crippen LogP contribution in [0, 0.1) is 0 Å². The second-order valence-corrected chi connectivity index (χ2v) is 5.20. The van der Waals surface area contributed by atoms with E-state index in [2.05, 4.69) is 4.98 Å². The predicted octanol–water partition coefficient (Wildman–Crippen LogP) is 3.39. The minimum Gasteiger partial charge on any atom is -0.326 e. The zero-order valence-corrected chi connectivity index (χ0v) is 13.4. The lowest BCUT2D eigenvalue weighted by molar-refractivity contribution is -0.141. The molecule has 0 saturated heterocycles. The van der Waals surface area contributed by atoms with Crippen molar-refractivity contribution in [3.63, 3.8) is 0 Å². The van der Waals surface area contributed by atoms with E-state index < -0.39 is 11.9 Å². The zero-order valence-electron chi connectivity index (χ0n) is 12.6. The number of rotatable bonds is 3. The number of nitrogens with two attached hydrogens (primary N) is 1. The molecule has 0 spiro atoms. The molecule has 2 aromatic rings. The lowest BCUT2D eigenvalue weighted by Gasteiger charge is -2.14. The summed E-state index contributed by atoms with van der Waals surface area (Å²) in [6, 6.07) is 3.62. The van der Waals surface area contributed by atoms with Crippen molar-refractivity contribution in [1.82, 2.24) is 9.55 Å². The van der Waals surface area contributed by atoms with Gasteiger partial charge in [-0.2, -0.15) is 13.2 Å². The van der Waals surface area contributed by atoms with Crippen LogP contribution in [0.1, 0.15) is 31.1 Å². The van der Waals surface area contributed by atoms with Gasteiger partial charge in [0.2, 0.25) is 0 Å². The van der Waals surface area contributed by atoms with E-state index in [1.165, 1.54) is 10.6 Å². The highest BCUT2D eigenvalue weighted by atomic mass is 35.5. The largest absolute Gasteiger partial charge is 0.433 e. The van der Waals surface area contributed by atoms with Crippen LogP contribution in [0.25, 0.3) is 11.1 Å². The Morgan fingerprint density at radius 1 is 1.30 bits per heavy atom. The maximum absolute atomic E-state index is 12.5. The number of hydrogen-bond acceptors (Lipinski definition) is 3. The van der Waals surface area contributed by atoms with E-state index >= 15 is 0 Å². The maximum atomic E-state index is 12.5. The summed E-state index contributed by atoms with van der Waals surface area (Å²) in [6.07, 6.45) is -1.78. The van der Waals surface area contributed by atoms with Gasteiger partial charge in [-0.15, -0.1) is 12.4 Å². The van der Waals surface area contributed by atoms with Gasteiger partial charge >= 0.3 is 6.18 Å². The van der Waals surface area contributed by atoms with Crippen molar-refractivity contribution in [2.75, 3.05) is 0 Å². The molecule has 0 saturated carbocycles. The third kappa shape index (κ3) is 4.11. The molecule has 0 bridgehead atoms. The van der Waals surface area contributed by atoms with Crippen molar-refractivity contribution >= 4 is 12.4 Å². The average Bonchev–Trinajstić information content (AvgIpc) is 2.46. The summed E-state index contributed by atoms with van der Waals surface area (Å²) in [5.41, 5.74) is 5.69. The first kappa shape index (κ1) is 19.2. The van der Waals surface area contributed by atoms with Crippen LogP contribution in [0.5, 0.6) is 0 Å². The smallest absolute Gasteiger partial charge is 0.326 e. The highest BCUT2D eigenvalue weighted by Gasteiger charge is 2.32. The van der Waals surface area contributed by atoms with Gasteiger partial charge in [0.25, 0.3) is 5.56 Å². The van der Waals surface area contributed by atoms with Crippen molar-refractivity contribution in [2.45, 2.75) is 32.6 Å². The van der Waals surface area contributed by atoms with Gasteiger partial charge in [-0.25, -0.2) is 0 Å². The zero-order chi connectivity index (χ0) is 16.5. The van der Waals surface area contributed by atoms with Gasteiger partial charge < -0.3 is 10.3 Å². The van der Waals surface area contributed by atoms with E-state index in [1.807, 2.05) is 13.8 Å². The topological polar surface area (TPSA) is 60.9 Å². The molecule has 0 aliphatic heterocycles. The Balaban J connectivity index is 0.00000264. The molecular formula is C15H17ClF3N3O. The van der Waals surface area contributed by atoms with Crippen LogP contribution in [0.4, 0.5) is 13.2 Å². The molecule has 2 N–H and O–H groups in total. The predicted molar refractivity (Wildman–Crippen MR) is 84.5 cm³/mol. The minimum absolute atomic E-state index is 0. The van der Waals surface area contributed by atoms with Crippen LogP contribution in [0.2, 0.25) is 0 Å². The standard InChI is InChI=1S/C15H16F3N3O.ClH/c1-9(2)21-8-10(6-19)5-12(14(21)22)11-3-4-13(20-7-11)15(16,17)18;/h3-5,7-9H,6,19H2,1-2H3;1H. The molecule has 0 unspecified atom stereocenters. The molecule has 2 rings (SSSR count). The molecular weight excluding hydrogens is 331 g/mol. The lowest BCUT2D eigenvalue weighted by atomic mass is 10.1. The van der Waals surface area contributed by atoms with Crippen LogP contribution in [-0.4, -0.2) is 9.55 Å². The normalized spacial score (nSPS) is 11.4. The number of hydrogen-bond donors (Lipinski definition) is 1. The molecule has 0 amide bonds. The van der Waals surface area contributed by atoms with Crippen molar-refractivity contribution in [3.05, 3.63) is 52.2 Å². The van der Waals surface area contributed by atoms with Gasteiger partial charge in [0.15, 0.2) is 0 Å². The Hall–Kier alpha value is -1.86. The summed E-state index contributed by atoms with van der Waals surface area (Å²) in [7, 11) is 0. The van der Waals surface area contributed by atoms with Crippen molar-refractivity contribution in [2.24, 2.45) is 5.73 Å². The minimum atomic E-state index is -4.50. The summed E-state index contributed by atoms with van der Waals surface area (Å²) in [5, 5.41) is 0. The van der Waals surface area contributed by atoms with Gasteiger partial charge in [-0.3, -0.25) is 9.78 Å². The molecule has 0 aromatic carbocycles. The molecule has 8 heteroatoms. The van der Waals surface area contributed by atoms with E-state index in [0.29, 0.717) is 5.56 Å². The van der Waals surface area contributed by atoms with Crippen molar-refractivity contribution < 1.29 is 13.2 Å². The Kier molecular flexibility index (Phi) is 5.96. The summed E-state index contributed by atoms with van der Waals surface area (Å²) in [6.45, 7) is 3.92. The SMILES string of the molecule is CC(C)n1cc(CN)cc(-c2ccc(C(F)(F)F)nc2)c1=O.Cl. The molecule has 0 radical (unpaired) electrons. The van der Waals surface area contributed by atoms with E-state index in [1.54, 1.807) is 12.3 Å². The quantitative estimate of drug-likeness (QED) is 0.925. The monoisotopic (exact) mass is 347 g/mol. The molecule has 2 aromatic heterocycles. The first-order chi connectivity index (χ1) is 10.2. The number of alkyl halides is 3. The Morgan fingerprint density at radius 2 is 1.96 bits per heavy atom. The van der Waals surface area contributed by atoms with Crippen molar-refractivity contribution in [1.29, 1.82) is 0 Å². The average molecular weight is 348 g/mol. The van der Waals surface area contributed by atoms with E-state index in [0.717, 1.165) is 17.8 Å². The fraction of sp³-hybridized carbons (Fsp3) is 0.333. The van der Waals surface area contributed by atoms with Gasteiger partial charge in [-0.05, 0) is 31.5 Å². The summed E-state index contributed by atoms with van der Waals surface area (Å²) in [5.74, 6) is 0. The maximum Gasteiger partial charge on any atom is 0.433 e. The summed E-state index contributed by atoms with van der Waals surface area (Å²) >= 11 is 0. The number of aromatic nitrogens is 2. The van der Waals surface area contributed by atoms with Crippen LogP contribution >= 0.6 is 12.4 Å². The summed E-state index contributed by atoms with van der Waals surface area (Å²) < 4.78 is 39.1. The van der Waals surface area contributed by atoms with Crippen LogP contribution in [0.15, 0.2) is 35.4 Å². The third-order valence-electron chi connectivity index (χ3n) is 3.26. The van der Waals surface area contributed by atoms with Crippen LogP contribution in [0.3, 0.4) is 0 Å².